The second-order valence-electron chi connectivity index (χ2n) is 8.78. The number of methoxy groups -OCH3 is 1. The highest BCUT2D eigenvalue weighted by Crippen LogP contribution is 2.59. The highest BCUT2D eigenvalue weighted by Gasteiger charge is 2.58. The molecule has 1 atom stereocenters. The van der Waals surface area contributed by atoms with Crippen molar-refractivity contribution in [1.29, 1.82) is 0 Å². The van der Waals surface area contributed by atoms with E-state index < -0.39 is 0 Å². The first-order chi connectivity index (χ1) is 14.1. The molecule has 2 heterocycles. The van der Waals surface area contributed by atoms with Gasteiger partial charge in [0.2, 0.25) is 11.8 Å². The lowest BCUT2D eigenvalue weighted by atomic mass is 9.91. The first-order valence-electron chi connectivity index (χ1n) is 11.0. The molecule has 1 spiro atoms. The minimum absolute atomic E-state index is 0. The zero-order chi connectivity index (χ0) is 20.3. The standard InChI is InChI=1S/C23H33N3O3.ClH/c1-29-19-6-3-18(4-7-19)5-8-21(27)25-13-2-14-26(16-15-25)22(28)20-17-23(20)9-11-24-12-10-23;/h3-4,6-7,20,24H,2,5,8-17H2,1H3;1H. The molecular weight excluding hydrogens is 402 g/mol. The van der Waals surface area contributed by atoms with Crippen LogP contribution in [-0.2, 0) is 16.0 Å². The van der Waals surface area contributed by atoms with Gasteiger partial charge in [-0.3, -0.25) is 9.59 Å². The van der Waals surface area contributed by atoms with Gasteiger partial charge in [-0.25, -0.2) is 0 Å². The fraction of sp³-hybridized carbons (Fsp3) is 0.652. The number of rotatable bonds is 5. The van der Waals surface area contributed by atoms with E-state index in [1.54, 1.807) is 7.11 Å². The number of aryl methyl sites for hydroxylation is 1. The van der Waals surface area contributed by atoms with Crippen molar-refractivity contribution in [2.75, 3.05) is 46.4 Å². The van der Waals surface area contributed by atoms with Crippen molar-refractivity contribution < 1.29 is 14.3 Å². The third kappa shape index (κ3) is 5.09. The van der Waals surface area contributed by atoms with Crippen molar-refractivity contribution in [2.24, 2.45) is 11.3 Å². The lowest BCUT2D eigenvalue weighted by Crippen LogP contribution is -2.39. The number of amides is 2. The monoisotopic (exact) mass is 435 g/mol. The van der Waals surface area contributed by atoms with Gasteiger partial charge in [-0.05, 0) is 68.3 Å². The Morgan fingerprint density at radius 1 is 1.07 bits per heavy atom. The van der Waals surface area contributed by atoms with E-state index in [1.807, 2.05) is 34.1 Å². The maximum Gasteiger partial charge on any atom is 0.226 e. The number of ether oxygens (including phenoxy) is 1. The van der Waals surface area contributed by atoms with E-state index in [1.165, 1.54) is 0 Å². The third-order valence-electron chi connectivity index (χ3n) is 7.03. The number of piperidine rings is 1. The zero-order valence-corrected chi connectivity index (χ0v) is 18.7. The topological polar surface area (TPSA) is 61.9 Å². The maximum atomic E-state index is 13.0. The van der Waals surface area contributed by atoms with E-state index >= 15 is 0 Å². The van der Waals surface area contributed by atoms with Crippen LogP contribution >= 0.6 is 12.4 Å². The molecule has 3 fully saturated rings. The highest BCUT2D eigenvalue weighted by atomic mass is 35.5. The average molecular weight is 436 g/mol. The Balaban J connectivity index is 0.00000256. The van der Waals surface area contributed by atoms with Crippen LogP contribution in [0.15, 0.2) is 24.3 Å². The molecule has 166 valence electrons. The molecule has 0 bridgehead atoms. The number of nitrogens with zero attached hydrogens (tertiary/aromatic N) is 2. The van der Waals surface area contributed by atoms with Gasteiger partial charge in [0.05, 0.1) is 7.11 Å². The molecular formula is C23H34ClN3O3. The summed E-state index contributed by atoms with van der Waals surface area (Å²) in [5.74, 6) is 1.58. The fourth-order valence-electron chi connectivity index (χ4n) is 4.98. The first kappa shape index (κ1) is 22.9. The van der Waals surface area contributed by atoms with Crippen molar-refractivity contribution >= 4 is 24.2 Å². The van der Waals surface area contributed by atoms with E-state index in [9.17, 15) is 9.59 Å². The molecule has 30 heavy (non-hydrogen) atoms. The number of carbonyl (C=O) groups excluding carboxylic acids is 2. The van der Waals surface area contributed by atoms with Gasteiger partial charge in [0.1, 0.15) is 5.75 Å². The molecule has 1 saturated carbocycles. The van der Waals surface area contributed by atoms with Crippen LogP contribution < -0.4 is 10.1 Å². The number of nitrogens with one attached hydrogen (secondary N) is 1. The van der Waals surface area contributed by atoms with Crippen LogP contribution in [0.3, 0.4) is 0 Å². The number of benzene rings is 1. The van der Waals surface area contributed by atoms with Crippen LogP contribution in [0.2, 0.25) is 0 Å². The van der Waals surface area contributed by atoms with Crippen molar-refractivity contribution in [2.45, 2.75) is 38.5 Å². The maximum absolute atomic E-state index is 13.0. The van der Waals surface area contributed by atoms with Crippen molar-refractivity contribution in [1.82, 2.24) is 15.1 Å². The smallest absolute Gasteiger partial charge is 0.226 e. The summed E-state index contributed by atoms with van der Waals surface area (Å²) in [6, 6.07) is 7.90. The lowest BCUT2D eigenvalue weighted by Gasteiger charge is -2.26. The lowest BCUT2D eigenvalue weighted by molar-refractivity contribution is -0.135. The van der Waals surface area contributed by atoms with Crippen molar-refractivity contribution in [3.63, 3.8) is 0 Å². The number of halogens is 1. The second-order valence-corrected chi connectivity index (χ2v) is 8.78. The van der Waals surface area contributed by atoms with Crippen molar-refractivity contribution in [3.05, 3.63) is 29.8 Å². The van der Waals surface area contributed by atoms with E-state index in [0.717, 1.165) is 69.6 Å². The SMILES string of the molecule is COc1ccc(CCC(=O)N2CCCN(C(=O)C3CC34CCNCC4)CC2)cc1.Cl. The third-order valence-corrected chi connectivity index (χ3v) is 7.03. The molecule has 0 aromatic heterocycles. The number of hydrogen-bond acceptors (Lipinski definition) is 4. The normalized spacial score (nSPS) is 22.8. The molecule has 7 heteroatoms. The van der Waals surface area contributed by atoms with Crippen LogP contribution in [-0.4, -0.2) is 68.0 Å². The number of hydrogen-bond donors (Lipinski definition) is 1. The molecule has 0 radical (unpaired) electrons. The van der Waals surface area contributed by atoms with E-state index in [-0.39, 0.29) is 29.6 Å². The van der Waals surface area contributed by atoms with E-state index in [2.05, 4.69) is 5.32 Å². The summed E-state index contributed by atoms with van der Waals surface area (Å²) in [7, 11) is 1.65. The Labute approximate surface area is 185 Å². The minimum Gasteiger partial charge on any atom is -0.497 e. The van der Waals surface area contributed by atoms with Gasteiger partial charge in [0, 0.05) is 38.5 Å². The van der Waals surface area contributed by atoms with Crippen molar-refractivity contribution in [3.8, 4) is 5.75 Å². The van der Waals surface area contributed by atoms with E-state index in [4.69, 9.17) is 4.74 Å². The molecule has 6 nitrogen and oxygen atoms in total. The summed E-state index contributed by atoms with van der Waals surface area (Å²) in [6.45, 7) is 4.96. The molecule has 1 N–H and O–H groups in total. The Morgan fingerprint density at radius 3 is 2.43 bits per heavy atom. The minimum atomic E-state index is 0. The zero-order valence-electron chi connectivity index (χ0n) is 17.9. The summed E-state index contributed by atoms with van der Waals surface area (Å²) in [6.07, 6.45) is 5.45. The van der Waals surface area contributed by atoms with Gasteiger partial charge < -0.3 is 19.9 Å². The van der Waals surface area contributed by atoms with Gasteiger partial charge in [-0.2, -0.15) is 0 Å². The largest absolute Gasteiger partial charge is 0.497 e. The Morgan fingerprint density at radius 2 is 1.73 bits per heavy atom. The molecule has 4 rings (SSSR count). The molecule has 1 aromatic carbocycles. The van der Waals surface area contributed by atoms with Crippen LogP contribution in [0, 0.1) is 11.3 Å². The van der Waals surface area contributed by atoms with Crippen LogP contribution in [0.1, 0.15) is 37.7 Å². The summed E-state index contributed by atoms with van der Waals surface area (Å²) >= 11 is 0. The molecule has 3 aliphatic rings. The van der Waals surface area contributed by atoms with Gasteiger partial charge >= 0.3 is 0 Å². The predicted octanol–water partition coefficient (Wildman–Crippen LogP) is 2.50. The fourth-order valence-corrected chi connectivity index (χ4v) is 4.98. The Kier molecular flexibility index (Phi) is 7.64. The Hall–Kier alpha value is -1.79. The molecule has 2 aliphatic heterocycles. The van der Waals surface area contributed by atoms with Crippen LogP contribution in [0.5, 0.6) is 5.75 Å². The van der Waals surface area contributed by atoms with Crippen LogP contribution in [0.4, 0.5) is 0 Å². The summed E-state index contributed by atoms with van der Waals surface area (Å²) in [5.41, 5.74) is 1.43. The van der Waals surface area contributed by atoms with Gasteiger partial charge in [-0.15, -0.1) is 12.4 Å². The molecule has 1 unspecified atom stereocenters. The molecule has 1 aromatic rings. The van der Waals surface area contributed by atoms with Gasteiger partial charge in [0.25, 0.3) is 0 Å². The second kappa shape index (κ2) is 10.0. The van der Waals surface area contributed by atoms with Gasteiger partial charge in [0.15, 0.2) is 0 Å². The quantitative estimate of drug-likeness (QED) is 0.771. The summed E-state index contributed by atoms with van der Waals surface area (Å²) in [4.78, 5) is 29.7. The molecule has 2 saturated heterocycles. The molecule has 1 aliphatic carbocycles. The predicted molar refractivity (Wildman–Crippen MR) is 119 cm³/mol. The summed E-state index contributed by atoms with van der Waals surface area (Å²) < 4.78 is 5.18. The average Bonchev–Trinajstić information content (AvgIpc) is 3.50. The Bertz CT molecular complexity index is 734. The van der Waals surface area contributed by atoms with Gasteiger partial charge in [-0.1, -0.05) is 12.1 Å². The molecule has 2 amide bonds. The number of carbonyl (C=O) groups is 2. The van der Waals surface area contributed by atoms with E-state index in [0.29, 0.717) is 25.4 Å². The summed E-state index contributed by atoms with van der Waals surface area (Å²) in [5, 5.41) is 3.40. The highest BCUT2D eigenvalue weighted by molar-refractivity contribution is 5.85. The van der Waals surface area contributed by atoms with Crippen LogP contribution in [0.25, 0.3) is 0 Å². The first-order valence-corrected chi connectivity index (χ1v) is 11.0.